The Bertz CT molecular complexity index is 669. The number of ketones is 1. The van der Waals surface area contributed by atoms with Crippen LogP contribution >= 0.6 is 0 Å². The number of methoxy groups -OCH3 is 2. The van der Waals surface area contributed by atoms with Crippen molar-refractivity contribution in [2.24, 2.45) is 0 Å². The standard InChI is InChI=1S/C16H18N2O3/c1-5-13-12(8-10(2)17-18-13)16(19)11-6-7-14(20-3)15(9-11)21-4/h6-9H,5H2,1-4H3. The van der Waals surface area contributed by atoms with Gasteiger partial charge in [0.1, 0.15) is 0 Å². The fourth-order valence-corrected chi connectivity index (χ4v) is 2.10. The molecule has 21 heavy (non-hydrogen) atoms. The van der Waals surface area contributed by atoms with Gasteiger partial charge < -0.3 is 9.47 Å². The molecule has 5 heteroatoms. The maximum Gasteiger partial charge on any atom is 0.195 e. The average molecular weight is 286 g/mol. The van der Waals surface area contributed by atoms with Gasteiger partial charge in [0.15, 0.2) is 17.3 Å². The van der Waals surface area contributed by atoms with E-state index < -0.39 is 0 Å². The molecule has 1 heterocycles. The van der Waals surface area contributed by atoms with Gasteiger partial charge >= 0.3 is 0 Å². The van der Waals surface area contributed by atoms with E-state index in [4.69, 9.17) is 9.47 Å². The molecule has 2 aromatic rings. The highest BCUT2D eigenvalue weighted by Gasteiger charge is 2.17. The Labute approximate surface area is 123 Å². The van der Waals surface area contributed by atoms with Gasteiger partial charge in [-0.05, 0) is 37.6 Å². The molecule has 0 aliphatic rings. The predicted octanol–water partition coefficient (Wildman–Crippen LogP) is 2.60. The van der Waals surface area contributed by atoms with Crippen LogP contribution in [0.15, 0.2) is 24.3 Å². The van der Waals surface area contributed by atoms with Crippen LogP contribution in [0, 0.1) is 6.92 Å². The van der Waals surface area contributed by atoms with Crippen LogP contribution in [-0.4, -0.2) is 30.2 Å². The van der Waals surface area contributed by atoms with Crippen molar-refractivity contribution in [3.05, 3.63) is 46.8 Å². The van der Waals surface area contributed by atoms with Gasteiger partial charge in [0.2, 0.25) is 0 Å². The summed E-state index contributed by atoms with van der Waals surface area (Å²) < 4.78 is 10.4. The average Bonchev–Trinajstić information content (AvgIpc) is 2.53. The molecule has 110 valence electrons. The predicted molar refractivity (Wildman–Crippen MR) is 79.1 cm³/mol. The first-order valence-electron chi connectivity index (χ1n) is 6.70. The van der Waals surface area contributed by atoms with Crippen molar-refractivity contribution in [1.82, 2.24) is 10.2 Å². The summed E-state index contributed by atoms with van der Waals surface area (Å²) in [5, 5.41) is 8.09. The second-order valence-corrected chi connectivity index (χ2v) is 4.60. The minimum atomic E-state index is -0.0918. The van der Waals surface area contributed by atoms with Gasteiger partial charge in [0, 0.05) is 11.1 Å². The van der Waals surface area contributed by atoms with E-state index in [0.29, 0.717) is 34.7 Å². The number of aryl methyl sites for hydroxylation is 2. The molecule has 0 saturated heterocycles. The summed E-state index contributed by atoms with van der Waals surface area (Å²) in [5.74, 6) is 1.03. The molecule has 0 saturated carbocycles. The minimum Gasteiger partial charge on any atom is -0.493 e. The Hall–Kier alpha value is -2.43. The highest BCUT2D eigenvalue weighted by atomic mass is 16.5. The first-order valence-corrected chi connectivity index (χ1v) is 6.70. The van der Waals surface area contributed by atoms with Crippen molar-refractivity contribution in [3.8, 4) is 11.5 Å². The van der Waals surface area contributed by atoms with Gasteiger partial charge in [0.25, 0.3) is 0 Å². The van der Waals surface area contributed by atoms with Gasteiger partial charge in [-0.1, -0.05) is 6.92 Å². The number of benzene rings is 1. The van der Waals surface area contributed by atoms with E-state index in [0.717, 1.165) is 5.69 Å². The summed E-state index contributed by atoms with van der Waals surface area (Å²) in [4.78, 5) is 12.7. The summed E-state index contributed by atoms with van der Waals surface area (Å²) in [6.07, 6.45) is 0.654. The third kappa shape index (κ3) is 3.02. The number of hydrogen-bond acceptors (Lipinski definition) is 5. The summed E-state index contributed by atoms with van der Waals surface area (Å²) in [7, 11) is 3.10. The summed E-state index contributed by atoms with van der Waals surface area (Å²) in [5.41, 5.74) is 2.53. The Morgan fingerprint density at radius 1 is 1.10 bits per heavy atom. The Morgan fingerprint density at radius 3 is 2.43 bits per heavy atom. The molecule has 0 N–H and O–H groups in total. The lowest BCUT2D eigenvalue weighted by molar-refractivity contribution is 0.103. The van der Waals surface area contributed by atoms with Crippen molar-refractivity contribution in [2.75, 3.05) is 14.2 Å². The maximum absolute atomic E-state index is 12.7. The number of rotatable bonds is 5. The van der Waals surface area contributed by atoms with Crippen molar-refractivity contribution < 1.29 is 14.3 Å². The lowest BCUT2D eigenvalue weighted by Crippen LogP contribution is -2.09. The number of aromatic nitrogens is 2. The van der Waals surface area contributed by atoms with Crippen molar-refractivity contribution in [3.63, 3.8) is 0 Å². The Morgan fingerprint density at radius 2 is 1.81 bits per heavy atom. The number of ether oxygens (including phenoxy) is 2. The molecule has 0 amide bonds. The third-order valence-electron chi connectivity index (χ3n) is 3.22. The number of carbonyl (C=O) groups excluding carboxylic acids is 1. The molecule has 0 fully saturated rings. The van der Waals surface area contributed by atoms with Crippen LogP contribution < -0.4 is 9.47 Å². The molecule has 0 atom stereocenters. The van der Waals surface area contributed by atoms with E-state index in [1.165, 1.54) is 0 Å². The number of nitrogens with zero attached hydrogens (tertiary/aromatic N) is 2. The molecule has 1 aromatic heterocycles. The smallest absolute Gasteiger partial charge is 0.195 e. The normalized spacial score (nSPS) is 10.3. The minimum absolute atomic E-state index is 0.0918. The monoisotopic (exact) mass is 286 g/mol. The molecule has 1 aromatic carbocycles. The van der Waals surface area contributed by atoms with Gasteiger partial charge in [-0.15, -0.1) is 0 Å². The molecule has 2 rings (SSSR count). The van der Waals surface area contributed by atoms with E-state index in [2.05, 4.69) is 10.2 Å². The fourth-order valence-electron chi connectivity index (χ4n) is 2.10. The summed E-state index contributed by atoms with van der Waals surface area (Å²) >= 11 is 0. The van der Waals surface area contributed by atoms with Crippen molar-refractivity contribution in [2.45, 2.75) is 20.3 Å². The zero-order valence-electron chi connectivity index (χ0n) is 12.6. The lowest BCUT2D eigenvalue weighted by Gasteiger charge is -2.10. The Balaban J connectivity index is 2.47. The van der Waals surface area contributed by atoms with E-state index in [9.17, 15) is 4.79 Å². The zero-order chi connectivity index (χ0) is 15.4. The van der Waals surface area contributed by atoms with Crippen molar-refractivity contribution in [1.29, 1.82) is 0 Å². The van der Waals surface area contributed by atoms with Crippen LogP contribution in [-0.2, 0) is 6.42 Å². The second kappa shape index (κ2) is 6.35. The molecule has 0 aliphatic heterocycles. The first kappa shape index (κ1) is 15.0. The molecule has 0 spiro atoms. The van der Waals surface area contributed by atoms with Gasteiger partial charge in [-0.2, -0.15) is 10.2 Å². The van der Waals surface area contributed by atoms with Gasteiger partial charge in [-0.3, -0.25) is 4.79 Å². The van der Waals surface area contributed by atoms with E-state index >= 15 is 0 Å². The van der Waals surface area contributed by atoms with Gasteiger partial charge in [0.05, 0.1) is 25.6 Å². The first-order chi connectivity index (χ1) is 10.1. The van der Waals surface area contributed by atoms with Crippen LogP contribution in [0.25, 0.3) is 0 Å². The van der Waals surface area contributed by atoms with Crippen LogP contribution in [0.3, 0.4) is 0 Å². The van der Waals surface area contributed by atoms with E-state index in [-0.39, 0.29) is 5.78 Å². The van der Waals surface area contributed by atoms with Crippen LogP contribution in [0.1, 0.15) is 34.2 Å². The summed E-state index contributed by atoms with van der Waals surface area (Å²) in [6.45, 7) is 3.77. The van der Waals surface area contributed by atoms with Crippen LogP contribution in [0.4, 0.5) is 0 Å². The molecule has 0 unspecified atom stereocenters. The zero-order valence-corrected chi connectivity index (χ0v) is 12.6. The lowest BCUT2D eigenvalue weighted by atomic mass is 10.0. The van der Waals surface area contributed by atoms with Gasteiger partial charge in [-0.25, -0.2) is 0 Å². The molecule has 0 aliphatic carbocycles. The highest BCUT2D eigenvalue weighted by molar-refractivity contribution is 6.10. The second-order valence-electron chi connectivity index (χ2n) is 4.60. The topological polar surface area (TPSA) is 61.3 Å². The number of carbonyl (C=O) groups is 1. The molecule has 0 radical (unpaired) electrons. The quantitative estimate of drug-likeness (QED) is 0.791. The summed E-state index contributed by atoms with van der Waals surface area (Å²) in [6, 6.07) is 6.89. The van der Waals surface area contributed by atoms with Crippen LogP contribution in [0.5, 0.6) is 11.5 Å². The number of hydrogen-bond donors (Lipinski definition) is 0. The third-order valence-corrected chi connectivity index (χ3v) is 3.22. The molecular weight excluding hydrogens is 268 g/mol. The van der Waals surface area contributed by atoms with E-state index in [1.807, 2.05) is 13.8 Å². The molecular formula is C16H18N2O3. The maximum atomic E-state index is 12.7. The SMILES string of the molecule is CCc1nnc(C)cc1C(=O)c1ccc(OC)c(OC)c1. The highest BCUT2D eigenvalue weighted by Crippen LogP contribution is 2.28. The Kier molecular flexibility index (Phi) is 4.52. The van der Waals surface area contributed by atoms with Crippen molar-refractivity contribution >= 4 is 5.78 Å². The molecule has 0 bridgehead atoms. The van der Waals surface area contributed by atoms with Crippen LogP contribution in [0.2, 0.25) is 0 Å². The molecule has 5 nitrogen and oxygen atoms in total. The fraction of sp³-hybridized carbons (Fsp3) is 0.312. The van der Waals surface area contributed by atoms with E-state index in [1.54, 1.807) is 38.5 Å². The largest absolute Gasteiger partial charge is 0.493 e.